The topological polar surface area (TPSA) is 57.3 Å². The highest BCUT2D eigenvalue weighted by molar-refractivity contribution is 7.18. The molecule has 146 valence electrons. The van der Waals surface area contributed by atoms with Crippen LogP contribution >= 0.6 is 22.9 Å². The molecule has 0 bridgehead atoms. The lowest BCUT2D eigenvalue weighted by Gasteiger charge is -2.32. The molecule has 3 heterocycles. The van der Waals surface area contributed by atoms with Crippen molar-refractivity contribution >= 4 is 39.1 Å². The third-order valence-corrected chi connectivity index (χ3v) is 6.99. The number of fused-ring (bicyclic) bond motifs is 1. The number of nitrogens with zero attached hydrogens (tertiary/aromatic N) is 2. The van der Waals surface area contributed by atoms with E-state index in [1.54, 1.807) is 11.3 Å². The zero-order valence-electron chi connectivity index (χ0n) is 15.9. The first-order valence-electron chi connectivity index (χ1n) is 9.85. The Kier molecular flexibility index (Phi) is 5.69. The number of hydrogen-bond donors (Lipinski definition) is 2. The maximum atomic E-state index is 12.8. The van der Waals surface area contributed by atoms with E-state index in [1.165, 1.54) is 9.71 Å². The van der Waals surface area contributed by atoms with Gasteiger partial charge in [-0.1, -0.05) is 25.4 Å². The van der Waals surface area contributed by atoms with Gasteiger partial charge in [0.1, 0.15) is 6.04 Å². The Morgan fingerprint density at radius 2 is 2.11 bits per heavy atom. The molecule has 5 nitrogen and oxygen atoms in total. The van der Waals surface area contributed by atoms with Crippen molar-refractivity contribution in [2.45, 2.75) is 57.5 Å². The number of thiazole rings is 1. The van der Waals surface area contributed by atoms with Crippen molar-refractivity contribution in [2.75, 3.05) is 13.1 Å². The van der Waals surface area contributed by atoms with Crippen LogP contribution in [0.4, 0.5) is 0 Å². The molecule has 1 aromatic heterocycles. The first-order valence-corrected chi connectivity index (χ1v) is 11.0. The number of hydrogen-bond acceptors (Lipinski definition) is 5. The number of piperidine rings is 1. The van der Waals surface area contributed by atoms with Crippen molar-refractivity contribution in [2.24, 2.45) is 5.92 Å². The Hall–Kier alpha value is -1.21. The minimum atomic E-state index is -0.0881. The zero-order chi connectivity index (χ0) is 19.0. The first-order chi connectivity index (χ1) is 13.0. The molecule has 2 saturated heterocycles. The summed E-state index contributed by atoms with van der Waals surface area (Å²) in [5.74, 6) is 1.31. The Morgan fingerprint density at radius 1 is 1.33 bits per heavy atom. The predicted molar refractivity (Wildman–Crippen MR) is 111 cm³/mol. The van der Waals surface area contributed by atoms with Gasteiger partial charge in [0.15, 0.2) is 0 Å². The smallest absolute Gasteiger partial charge is 0.241 e. The number of rotatable bonds is 4. The van der Waals surface area contributed by atoms with E-state index in [4.69, 9.17) is 16.6 Å². The second-order valence-corrected chi connectivity index (χ2v) is 9.67. The van der Waals surface area contributed by atoms with Crippen molar-refractivity contribution in [3.8, 4) is 0 Å². The minimum absolute atomic E-state index is 0.0881. The highest BCUT2D eigenvalue weighted by Crippen LogP contribution is 2.35. The Morgan fingerprint density at radius 3 is 2.85 bits per heavy atom. The molecule has 2 fully saturated rings. The number of hydrazine groups is 1. The average Bonchev–Trinajstić information content (AvgIpc) is 3.27. The van der Waals surface area contributed by atoms with Crippen LogP contribution in [0.15, 0.2) is 18.2 Å². The first kappa shape index (κ1) is 19.1. The fourth-order valence-electron chi connectivity index (χ4n) is 4.17. The standard InChI is InChI=1S/C20H27ClN4OS/c1-12(2)9-15-11-17(24-23-15)20(26)25-7-5-13(6-8-25)19-22-16-10-14(21)3-4-18(16)27-19/h3-4,10,12-13,15,17,23-24H,5-9,11H2,1-2H3. The van der Waals surface area contributed by atoms with Crippen LogP contribution in [-0.4, -0.2) is 41.0 Å². The van der Waals surface area contributed by atoms with Crippen LogP contribution in [0.1, 0.15) is 50.5 Å². The number of carbonyl (C=O) groups excluding carboxylic acids is 1. The van der Waals surface area contributed by atoms with Crippen LogP contribution in [0.2, 0.25) is 5.02 Å². The molecule has 2 aromatic rings. The molecule has 0 spiro atoms. The maximum absolute atomic E-state index is 12.8. The number of halogens is 1. The minimum Gasteiger partial charge on any atom is -0.341 e. The number of nitrogens with one attached hydrogen (secondary N) is 2. The molecular weight excluding hydrogens is 380 g/mol. The van der Waals surface area contributed by atoms with Crippen LogP contribution in [0.5, 0.6) is 0 Å². The van der Waals surface area contributed by atoms with Crippen LogP contribution in [0.25, 0.3) is 10.2 Å². The molecule has 2 N–H and O–H groups in total. The number of likely N-dealkylation sites (tertiary alicyclic amines) is 1. The molecule has 0 saturated carbocycles. The predicted octanol–water partition coefficient (Wildman–Crippen LogP) is 3.94. The quantitative estimate of drug-likeness (QED) is 0.807. The lowest BCUT2D eigenvalue weighted by molar-refractivity contribution is -0.134. The van der Waals surface area contributed by atoms with Gasteiger partial charge < -0.3 is 4.90 Å². The molecule has 2 unspecified atom stereocenters. The van der Waals surface area contributed by atoms with Crippen molar-refractivity contribution in [1.82, 2.24) is 20.7 Å². The molecule has 2 aliphatic heterocycles. The van der Waals surface area contributed by atoms with Gasteiger partial charge in [0.2, 0.25) is 5.91 Å². The summed E-state index contributed by atoms with van der Waals surface area (Å²) in [5, 5.41) is 1.91. The maximum Gasteiger partial charge on any atom is 0.241 e. The van der Waals surface area contributed by atoms with Crippen LogP contribution in [0.3, 0.4) is 0 Å². The second kappa shape index (κ2) is 8.03. The molecule has 27 heavy (non-hydrogen) atoms. The fourth-order valence-corrected chi connectivity index (χ4v) is 5.45. The van der Waals surface area contributed by atoms with Crippen LogP contribution in [-0.2, 0) is 4.79 Å². The van der Waals surface area contributed by atoms with Gasteiger partial charge in [0.05, 0.1) is 15.2 Å². The van der Waals surface area contributed by atoms with E-state index in [0.717, 1.165) is 49.3 Å². The average molecular weight is 407 g/mol. The van der Waals surface area contributed by atoms with Crippen molar-refractivity contribution in [3.63, 3.8) is 0 Å². The van der Waals surface area contributed by atoms with Crippen molar-refractivity contribution < 1.29 is 4.79 Å². The van der Waals surface area contributed by atoms with E-state index < -0.39 is 0 Å². The summed E-state index contributed by atoms with van der Waals surface area (Å²) in [6, 6.07) is 6.20. The Balaban J connectivity index is 1.33. The summed E-state index contributed by atoms with van der Waals surface area (Å²) in [5.41, 5.74) is 7.49. The number of benzene rings is 1. The van der Waals surface area contributed by atoms with Gasteiger partial charge >= 0.3 is 0 Å². The third-order valence-electron chi connectivity index (χ3n) is 5.56. The molecule has 1 amide bonds. The summed E-state index contributed by atoms with van der Waals surface area (Å²) >= 11 is 7.84. The van der Waals surface area contributed by atoms with Gasteiger partial charge in [-0.15, -0.1) is 11.3 Å². The largest absolute Gasteiger partial charge is 0.341 e. The lowest BCUT2D eigenvalue weighted by atomic mass is 9.96. The van der Waals surface area contributed by atoms with Crippen molar-refractivity contribution in [1.29, 1.82) is 0 Å². The molecule has 1 aromatic carbocycles. The van der Waals surface area contributed by atoms with Gasteiger partial charge in [0, 0.05) is 30.1 Å². The SMILES string of the molecule is CC(C)CC1CC(C(=O)N2CCC(c3nc4cc(Cl)ccc4s3)CC2)NN1. The summed E-state index contributed by atoms with van der Waals surface area (Å²) in [6.07, 6.45) is 3.94. The molecule has 2 atom stereocenters. The highest BCUT2D eigenvalue weighted by atomic mass is 35.5. The molecule has 7 heteroatoms. The van der Waals surface area contributed by atoms with E-state index in [9.17, 15) is 4.79 Å². The van der Waals surface area contributed by atoms with E-state index in [1.807, 2.05) is 23.1 Å². The van der Waals surface area contributed by atoms with E-state index in [2.05, 4.69) is 24.7 Å². The molecular formula is C20H27ClN4OS. The number of carbonyl (C=O) groups is 1. The normalized spacial score (nSPS) is 24.2. The summed E-state index contributed by atoms with van der Waals surface area (Å²) in [4.78, 5) is 19.7. The van der Waals surface area contributed by atoms with Crippen LogP contribution in [0, 0.1) is 5.92 Å². The summed E-state index contributed by atoms with van der Waals surface area (Å²) in [7, 11) is 0. The second-order valence-electron chi connectivity index (χ2n) is 8.17. The molecule has 0 aliphatic carbocycles. The lowest BCUT2D eigenvalue weighted by Crippen LogP contribution is -2.48. The molecule has 4 rings (SSSR count). The monoisotopic (exact) mass is 406 g/mol. The number of amides is 1. The van der Waals surface area contributed by atoms with E-state index in [-0.39, 0.29) is 11.9 Å². The van der Waals surface area contributed by atoms with Gasteiger partial charge in [-0.05, 0) is 49.8 Å². The van der Waals surface area contributed by atoms with Gasteiger partial charge in [-0.25, -0.2) is 10.4 Å². The van der Waals surface area contributed by atoms with E-state index >= 15 is 0 Å². The third kappa shape index (κ3) is 4.29. The number of aromatic nitrogens is 1. The van der Waals surface area contributed by atoms with E-state index in [0.29, 0.717) is 17.9 Å². The van der Waals surface area contributed by atoms with Gasteiger partial charge in [-0.2, -0.15) is 0 Å². The fraction of sp³-hybridized carbons (Fsp3) is 0.600. The van der Waals surface area contributed by atoms with Crippen molar-refractivity contribution in [3.05, 3.63) is 28.2 Å². The Labute approximate surface area is 169 Å². The van der Waals surface area contributed by atoms with Gasteiger partial charge in [-0.3, -0.25) is 10.2 Å². The summed E-state index contributed by atoms with van der Waals surface area (Å²) in [6.45, 7) is 6.07. The molecule has 0 radical (unpaired) electrons. The van der Waals surface area contributed by atoms with Gasteiger partial charge in [0.25, 0.3) is 0 Å². The summed E-state index contributed by atoms with van der Waals surface area (Å²) < 4.78 is 1.19. The molecule has 2 aliphatic rings. The van der Waals surface area contributed by atoms with Crippen LogP contribution < -0.4 is 10.9 Å². The zero-order valence-corrected chi connectivity index (χ0v) is 17.4. The highest BCUT2D eigenvalue weighted by Gasteiger charge is 2.34. The Bertz CT molecular complexity index is 815.